The van der Waals surface area contributed by atoms with E-state index in [0.717, 1.165) is 6.20 Å². The van der Waals surface area contributed by atoms with E-state index in [2.05, 4.69) is 9.97 Å². The second-order valence-corrected chi connectivity index (χ2v) is 8.27. The number of rotatable bonds is 4. The number of aliphatic hydroxyl groups excluding tert-OH is 1. The zero-order valence-corrected chi connectivity index (χ0v) is 19.3. The highest BCUT2D eigenvalue weighted by molar-refractivity contribution is 5.73. The molecule has 15 heteroatoms. The molecule has 1 amide bonds. The van der Waals surface area contributed by atoms with Crippen LogP contribution in [0.4, 0.5) is 37.1 Å². The minimum absolute atomic E-state index is 0.0151. The van der Waals surface area contributed by atoms with Crippen LogP contribution in [-0.2, 0) is 12.4 Å². The van der Waals surface area contributed by atoms with Crippen LogP contribution in [0.3, 0.4) is 0 Å². The number of pyridine rings is 1. The molecule has 4 rings (SSSR count). The van der Waals surface area contributed by atoms with E-state index < -0.39 is 47.8 Å². The van der Waals surface area contributed by atoms with Crippen molar-refractivity contribution in [2.45, 2.75) is 18.4 Å². The molecule has 1 aromatic carbocycles. The van der Waals surface area contributed by atoms with Crippen LogP contribution in [0.5, 0.6) is 5.75 Å². The second-order valence-electron chi connectivity index (χ2n) is 8.27. The van der Waals surface area contributed by atoms with Gasteiger partial charge in [-0.2, -0.15) is 26.3 Å². The van der Waals surface area contributed by atoms with E-state index in [-0.39, 0.29) is 42.5 Å². The Bertz CT molecular complexity index is 1360. The van der Waals surface area contributed by atoms with E-state index in [1.807, 2.05) is 4.98 Å². The maximum absolute atomic E-state index is 13.1. The fraction of sp³-hybridized carbons (Fsp3) is 0.304. The maximum Gasteiger partial charge on any atom is 0.421 e. The number of ether oxygens (including phenoxy) is 1. The summed E-state index contributed by atoms with van der Waals surface area (Å²) in [6.07, 6.45) is -7.91. The largest absolute Gasteiger partial charge is 0.421 e. The molecule has 0 bridgehead atoms. The third kappa shape index (κ3) is 5.88. The number of H-pyrrole nitrogens is 1. The first kappa shape index (κ1) is 26.9. The summed E-state index contributed by atoms with van der Waals surface area (Å²) in [5.74, 6) is -0.0294. The number of halogens is 6. The number of hydrogen-bond donors (Lipinski definition) is 2. The lowest BCUT2D eigenvalue weighted by Crippen LogP contribution is -2.57. The molecule has 1 aliphatic heterocycles. The normalized spacial score (nSPS) is 16.4. The highest BCUT2D eigenvalue weighted by Crippen LogP contribution is 2.31. The highest BCUT2D eigenvalue weighted by Gasteiger charge is 2.35. The number of benzene rings is 1. The molecule has 1 aliphatic rings. The monoisotopic (exact) mass is 543 g/mol. The molecule has 1 saturated heterocycles. The average molecular weight is 543 g/mol. The topological polar surface area (TPSA) is 112 Å². The van der Waals surface area contributed by atoms with Crippen LogP contribution < -0.4 is 15.2 Å². The standard InChI is InChI=1S/C23H19F6N5O4/c24-22(25,26)15-9-31-20(32-10-15)34-5-4-33(11-16(34)12-35)21(37)38-17-3-1-2-13(6-17)14-7-18(23(27,28)29)19(36)30-8-14/h1-3,6-10,16,35H,4-5,11-12H2,(H,30,36). The van der Waals surface area contributed by atoms with Gasteiger partial charge in [0, 0.05) is 38.2 Å². The lowest BCUT2D eigenvalue weighted by Gasteiger charge is -2.40. The molecule has 1 fully saturated rings. The summed E-state index contributed by atoms with van der Waals surface area (Å²) in [4.78, 5) is 36.5. The number of carbonyl (C=O) groups is 1. The van der Waals surface area contributed by atoms with E-state index in [9.17, 15) is 41.0 Å². The van der Waals surface area contributed by atoms with Crippen LogP contribution in [0.2, 0.25) is 0 Å². The Labute approximate surface area is 210 Å². The summed E-state index contributed by atoms with van der Waals surface area (Å²) >= 11 is 0. The maximum atomic E-state index is 13.1. The van der Waals surface area contributed by atoms with Crippen molar-refractivity contribution >= 4 is 12.0 Å². The van der Waals surface area contributed by atoms with Crippen molar-refractivity contribution in [3.63, 3.8) is 0 Å². The molecule has 3 heterocycles. The van der Waals surface area contributed by atoms with Gasteiger partial charge in [0.05, 0.1) is 18.2 Å². The number of piperazine rings is 1. The van der Waals surface area contributed by atoms with Crippen molar-refractivity contribution < 1.29 is 41.0 Å². The summed E-state index contributed by atoms with van der Waals surface area (Å²) in [6.45, 7) is -0.372. The third-order valence-electron chi connectivity index (χ3n) is 5.76. The van der Waals surface area contributed by atoms with Gasteiger partial charge in [0.2, 0.25) is 5.95 Å². The van der Waals surface area contributed by atoms with Gasteiger partial charge in [0.25, 0.3) is 5.56 Å². The van der Waals surface area contributed by atoms with Crippen LogP contribution in [0.1, 0.15) is 11.1 Å². The molecule has 38 heavy (non-hydrogen) atoms. The van der Waals surface area contributed by atoms with Crippen molar-refractivity contribution in [2.24, 2.45) is 0 Å². The van der Waals surface area contributed by atoms with Gasteiger partial charge in [-0.1, -0.05) is 12.1 Å². The van der Waals surface area contributed by atoms with Gasteiger partial charge in [-0.15, -0.1) is 0 Å². The highest BCUT2D eigenvalue weighted by atomic mass is 19.4. The van der Waals surface area contributed by atoms with E-state index >= 15 is 0 Å². The van der Waals surface area contributed by atoms with E-state index in [0.29, 0.717) is 18.5 Å². The fourth-order valence-electron chi connectivity index (χ4n) is 3.82. The molecule has 2 N–H and O–H groups in total. The van der Waals surface area contributed by atoms with Crippen molar-refractivity contribution in [1.29, 1.82) is 0 Å². The number of nitrogens with one attached hydrogen (secondary N) is 1. The number of hydrogen-bond acceptors (Lipinski definition) is 7. The molecule has 2 aromatic heterocycles. The van der Waals surface area contributed by atoms with Gasteiger partial charge < -0.3 is 24.6 Å². The zero-order valence-electron chi connectivity index (χ0n) is 19.3. The minimum Gasteiger partial charge on any atom is -0.410 e. The Morgan fingerprint density at radius 2 is 1.76 bits per heavy atom. The quantitative estimate of drug-likeness (QED) is 0.485. The summed E-state index contributed by atoms with van der Waals surface area (Å²) in [5, 5.41) is 9.80. The number of aliphatic hydroxyl groups is 1. The molecule has 202 valence electrons. The van der Waals surface area contributed by atoms with Gasteiger partial charge >= 0.3 is 18.4 Å². The van der Waals surface area contributed by atoms with Crippen LogP contribution in [0.15, 0.2) is 53.7 Å². The SMILES string of the molecule is O=C(Oc1cccc(-c2c[nH]c(=O)c(C(F)(F)F)c2)c1)N1CCN(c2ncc(C(F)(F)F)cn2)C(CO)C1. The molecule has 9 nitrogen and oxygen atoms in total. The lowest BCUT2D eigenvalue weighted by atomic mass is 10.1. The van der Waals surface area contributed by atoms with Crippen LogP contribution in [-0.4, -0.2) is 63.3 Å². The Balaban J connectivity index is 1.45. The fourth-order valence-corrected chi connectivity index (χ4v) is 3.82. The third-order valence-corrected chi connectivity index (χ3v) is 5.76. The Morgan fingerprint density at radius 3 is 2.39 bits per heavy atom. The first-order valence-corrected chi connectivity index (χ1v) is 11.0. The van der Waals surface area contributed by atoms with Gasteiger partial charge in [-0.3, -0.25) is 4.79 Å². The first-order chi connectivity index (χ1) is 17.9. The van der Waals surface area contributed by atoms with Crippen molar-refractivity contribution in [3.8, 4) is 16.9 Å². The molecular weight excluding hydrogens is 524 g/mol. The Morgan fingerprint density at radius 1 is 1.05 bits per heavy atom. The van der Waals surface area contributed by atoms with Crippen LogP contribution in [0.25, 0.3) is 11.1 Å². The van der Waals surface area contributed by atoms with E-state index in [4.69, 9.17) is 4.74 Å². The number of amides is 1. The average Bonchev–Trinajstić information content (AvgIpc) is 2.87. The number of carbonyl (C=O) groups excluding carboxylic acids is 1. The van der Waals surface area contributed by atoms with Gasteiger partial charge in [0.1, 0.15) is 11.3 Å². The summed E-state index contributed by atoms with van der Waals surface area (Å²) in [5.41, 5.74) is -3.40. The van der Waals surface area contributed by atoms with Crippen molar-refractivity contribution in [2.75, 3.05) is 31.1 Å². The number of nitrogens with zero attached hydrogens (tertiary/aromatic N) is 4. The molecule has 1 atom stereocenters. The molecule has 0 saturated carbocycles. The molecule has 0 aliphatic carbocycles. The number of aromatic amines is 1. The second kappa shape index (κ2) is 10.3. The van der Waals surface area contributed by atoms with E-state index in [1.54, 1.807) is 0 Å². The van der Waals surface area contributed by atoms with Gasteiger partial charge in [0.15, 0.2) is 0 Å². The van der Waals surface area contributed by atoms with E-state index in [1.165, 1.54) is 34.1 Å². The molecular formula is C23H19F6N5O4. The van der Waals surface area contributed by atoms with Crippen molar-refractivity contribution in [1.82, 2.24) is 19.9 Å². The number of alkyl halides is 6. The van der Waals surface area contributed by atoms with Gasteiger partial charge in [-0.25, -0.2) is 14.8 Å². The number of aromatic nitrogens is 3. The zero-order chi connectivity index (χ0) is 27.7. The predicted octanol–water partition coefficient (Wildman–Crippen LogP) is 3.55. The first-order valence-electron chi connectivity index (χ1n) is 11.0. The van der Waals surface area contributed by atoms with Crippen molar-refractivity contribution in [3.05, 3.63) is 70.4 Å². The molecule has 0 spiro atoms. The Kier molecular flexibility index (Phi) is 7.31. The van der Waals surface area contributed by atoms with Crippen LogP contribution in [0, 0.1) is 0 Å². The predicted molar refractivity (Wildman–Crippen MR) is 120 cm³/mol. The summed E-state index contributed by atoms with van der Waals surface area (Å²) in [6, 6.07) is 5.60. The lowest BCUT2D eigenvalue weighted by molar-refractivity contribution is -0.139. The summed E-state index contributed by atoms with van der Waals surface area (Å²) < 4.78 is 83.0. The molecule has 1 unspecified atom stereocenters. The smallest absolute Gasteiger partial charge is 0.410 e. The number of anilines is 1. The summed E-state index contributed by atoms with van der Waals surface area (Å²) in [7, 11) is 0. The van der Waals surface area contributed by atoms with Crippen LogP contribution >= 0.6 is 0 Å². The molecule has 3 aromatic rings. The molecule has 0 radical (unpaired) electrons. The van der Waals surface area contributed by atoms with Gasteiger partial charge in [-0.05, 0) is 29.3 Å². The minimum atomic E-state index is -4.86. The Hall–Kier alpha value is -4.14.